The van der Waals surface area contributed by atoms with Crippen LogP contribution in [0.4, 0.5) is 5.69 Å². The topological polar surface area (TPSA) is 102 Å². The van der Waals surface area contributed by atoms with Gasteiger partial charge in [0.05, 0.1) is 20.8 Å². The van der Waals surface area contributed by atoms with Crippen LogP contribution in [0.2, 0.25) is 15.1 Å². The van der Waals surface area contributed by atoms with E-state index in [0.717, 1.165) is 4.90 Å². The zero-order chi connectivity index (χ0) is 22.0. The molecule has 0 aromatic heterocycles. The first kappa shape index (κ1) is 22.0. The number of primary amides is 1. The minimum atomic E-state index is -0.661. The summed E-state index contributed by atoms with van der Waals surface area (Å²) in [4.78, 5) is 37.3. The van der Waals surface area contributed by atoms with Gasteiger partial charge < -0.3 is 10.5 Å². The van der Waals surface area contributed by atoms with Crippen LogP contribution >= 0.6 is 47.0 Å². The summed E-state index contributed by atoms with van der Waals surface area (Å²) in [6, 6.07) is 9.05. The fraction of sp³-hybridized carbons (Fsp3) is 0.0526. The first-order chi connectivity index (χ1) is 14.2. The standard InChI is InChI=1S/C19H12Cl3N3O4S/c20-12-3-2-10(7-13(12)21)25-18(28)11(17(27)24-19(25)30)5-9-1-4-15(14(22)6-9)29-8-16(23)26/h1-7H,8H2,(H2,23,26)(H,24,27,30). The normalized spacial score (nSPS) is 15.4. The average molecular weight is 485 g/mol. The molecule has 0 radical (unpaired) electrons. The highest BCUT2D eigenvalue weighted by Crippen LogP contribution is 2.30. The maximum absolute atomic E-state index is 13.0. The molecule has 0 unspecified atom stereocenters. The van der Waals surface area contributed by atoms with Gasteiger partial charge in [-0.15, -0.1) is 0 Å². The Morgan fingerprint density at radius 2 is 1.83 bits per heavy atom. The van der Waals surface area contributed by atoms with E-state index in [-0.39, 0.29) is 33.1 Å². The molecular formula is C19H12Cl3N3O4S. The molecule has 1 aliphatic rings. The Bertz CT molecular complexity index is 1120. The average Bonchev–Trinajstić information content (AvgIpc) is 2.67. The summed E-state index contributed by atoms with van der Waals surface area (Å²) in [7, 11) is 0. The number of benzene rings is 2. The molecule has 11 heteroatoms. The highest BCUT2D eigenvalue weighted by Gasteiger charge is 2.34. The number of anilines is 1. The molecule has 0 spiro atoms. The van der Waals surface area contributed by atoms with Crippen molar-refractivity contribution in [3.05, 3.63) is 62.6 Å². The zero-order valence-corrected chi connectivity index (χ0v) is 18.0. The molecule has 1 fully saturated rings. The van der Waals surface area contributed by atoms with Crippen molar-refractivity contribution >= 4 is 81.6 Å². The Morgan fingerprint density at radius 1 is 1.10 bits per heavy atom. The zero-order valence-electron chi connectivity index (χ0n) is 14.9. The second kappa shape index (κ2) is 9.01. The van der Waals surface area contributed by atoms with Crippen molar-refractivity contribution in [1.82, 2.24) is 5.32 Å². The molecule has 7 nitrogen and oxygen atoms in total. The number of amides is 3. The molecule has 3 rings (SSSR count). The summed E-state index contributed by atoms with van der Waals surface area (Å²) in [5.41, 5.74) is 5.66. The Labute approximate surface area is 191 Å². The molecule has 3 N–H and O–H groups in total. The van der Waals surface area contributed by atoms with Gasteiger partial charge in [-0.05, 0) is 54.2 Å². The SMILES string of the molecule is NC(=O)COc1ccc(C=C2C(=O)NC(=S)N(c3ccc(Cl)c(Cl)c3)C2=O)cc1Cl. The molecule has 2 aromatic rings. The molecular weight excluding hydrogens is 473 g/mol. The fourth-order valence-electron chi connectivity index (χ4n) is 2.56. The highest BCUT2D eigenvalue weighted by atomic mass is 35.5. The number of carbonyl (C=O) groups excluding carboxylic acids is 3. The lowest BCUT2D eigenvalue weighted by atomic mass is 10.1. The fourth-order valence-corrected chi connectivity index (χ4v) is 3.37. The summed E-state index contributed by atoms with van der Waals surface area (Å²) in [6.45, 7) is -0.336. The van der Waals surface area contributed by atoms with Gasteiger partial charge in [0.2, 0.25) is 0 Å². The van der Waals surface area contributed by atoms with Crippen LogP contribution in [0.3, 0.4) is 0 Å². The van der Waals surface area contributed by atoms with E-state index in [4.69, 9.17) is 57.5 Å². The molecule has 0 aliphatic carbocycles. The van der Waals surface area contributed by atoms with Crippen LogP contribution < -0.4 is 20.7 Å². The number of ether oxygens (including phenoxy) is 1. The van der Waals surface area contributed by atoms with Crippen molar-refractivity contribution in [2.24, 2.45) is 5.73 Å². The minimum Gasteiger partial charge on any atom is -0.482 e. The molecule has 154 valence electrons. The van der Waals surface area contributed by atoms with Crippen molar-refractivity contribution in [2.45, 2.75) is 0 Å². The number of hydrogen-bond acceptors (Lipinski definition) is 5. The number of carbonyl (C=O) groups is 3. The van der Waals surface area contributed by atoms with Crippen LogP contribution in [0.15, 0.2) is 42.0 Å². The molecule has 1 aliphatic heterocycles. The summed E-state index contributed by atoms with van der Waals surface area (Å²) in [6.07, 6.45) is 1.35. The van der Waals surface area contributed by atoms with Gasteiger partial charge in [-0.2, -0.15) is 0 Å². The Balaban J connectivity index is 1.93. The lowest BCUT2D eigenvalue weighted by molar-refractivity contribution is -0.122. The number of hydrogen-bond donors (Lipinski definition) is 2. The Hall–Kier alpha value is -2.65. The van der Waals surface area contributed by atoms with Crippen molar-refractivity contribution in [2.75, 3.05) is 11.5 Å². The molecule has 2 aromatic carbocycles. The number of rotatable bonds is 5. The predicted molar refractivity (Wildman–Crippen MR) is 119 cm³/mol. The lowest BCUT2D eigenvalue weighted by Gasteiger charge is -2.29. The van der Waals surface area contributed by atoms with Gasteiger partial charge in [-0.3, -0.25) is 24.6 Å². The van der Waals surface area contributed by atoms with E-state index in [1.807, 2.05) is 0 Å². The number of nitrogens with zero attached hydrogens (tertiary/aromatic N) is 1. The van der Waals surface area contributed by atoms with E-state index in [1.54, 1.807) is 12.1 Å². The third-order valence-electron chi connectivity index (χ3n) is 3.90. The van der Waals surface area contributed by atoms with E-state index < -0.39 is 17.7 Å². The summed E-state index contributed by atoms with van der Waals surface area (Å²) >= 11 is 23.2. The van der Waals surface area contributed by atoms with Crippen LogP contribution in [0.1, 0.15) is 5.56 Å². The van der Waals surface area contributed by atoms with Gasteiger partial charge in [-0.1, -0.05) is 40.9 Å². The van der Waals surface area contributed by atoms with Crippen LogP contribution in [0, 0.1) is 0 Å². The van der Waals surface area contributed by atoms with Crippen LogP contribution in [-0.4, -0.2) is 29.4 Å². The van der Waals surface area contributed by atoms with Gasteiger partial charge in [0.15, 0.2) is 11.7 Å². The number of nitrogens with one attached hydrogen (secondary N) is 1. The smallest absolute Gasteiger partial charge is 0.270 e. The van der Waals surface area contributed by atoms with E-state index >= 15 is 0 Å². The van der Waals surface area contributed by atoms with Crippen LogP contribution in [0.5, 0.6) is 5.75 Å². The van der Waals surface area contributed by atoms with Crippen molar-refractivity contribution < 1.29 is 19.1 Å². The van der Waals surface area contributed by atoms with Gasteiger partial charge in [0.1, 0.15) is 11.3 Å². The van der Waals surface area contributed by atoms with Gasteiger partial charge in [0, 0.05) is 0 Å². The van der Waals surface area contributed by atoms with Gasteiger partial charge in [-0.25, -0.2) is 0 Å². The molecule has 0 saturated carbocycles. The van der Waals surface area contributed by atoms with Gasteiger partial charge in [0.25, 0.3) is 17.7 Å². The molecule has 1 saturated heterocycles. The van der Waals surface area contributed by atoms with Crippen molar-refractivity contribution in [3.63, 3.8) is 0 Å². The first-order valence-electron chi connectivity index (χ1n) is 8.24. The largest absolute Gasteiger partial charge is 0.482 e. The Morgan fingerprint density at radius 3 is 2.47 bits per heavy atom. The van der Waals surface area contributed by atoms with E-state index in [0.29, 0.717) is 16.3 Å². The van der Waals surface area contributed by atoms with E-state index in [9.17, 15) is 14.4 Å². The predicted octanol–water partition coefficient (Wildman–Crippen LogP) is 3.34. The second-order valence-corrected chi connectivity index (χ2v) is 7.61. The van der Waals surface area contributed by atoms with Crippen LogP contribution in [0.25, 0.3) is 6.08 Å². The quantitative estimate of drug-likeness (QED) is 0.385. The monoisotopic (exact) mass is 483 g/mol. The van der Waals surface area contributed by atoms with E-state index in [1.165, 1.54) is 30.3 Å². The van der Waals surface area contributed by atoms with E-state index in [2.05, 4.69) is 5.32 Å². The number of thiocarbonyl (C=S) groups is 1. The maximum atomic E-state index is 13.0. The molecule has 1 heterocycles. The molecule has 30 heavy (non-hydrogen) atoms. The third-order valence-corrected chi connectivity index (χ3v) is 5.22. The van der Waals surface area contributed by atoms with Gasteiger partial charge >= 0.3 is 0 Å². The lowest BCUT2D eigenvalue weighted by Crippen LogP contribution is -2.54. The molecule has 0 atom stereocenters. The third kappa shape index (κ3) is 4.73. The second-order valence-electron chi connectivity index (χ2n) is 6.00. The maximum Gasteiger partial charge on any atom is 0.270 e. The summed E-state index contributed by atoms with van der Waals surface area (Å²) in [5, 5.41) is 3.09. The van der Waals surface area contributed by atoms with Crippen molar-refractivity contribution in [3.8, 4) is 5.75 Å². The molecule has 0 bridgehead atoms. The van der Waals surface area contributed by atoms with Crippen LogP contribution in [-0.2, 0) is 14.4 Å². The minimum absolute atomic E-state index is 0.0891. The molecule has 3 amide bonds. The number of nitrogens with two attached hydrogens (primary N) is 1. The first-order valence-corrected chi connectivity index (χ1v) is 9.78. The summed E-state index contributed by atoms with van der Waals surface area (Å²) in [5.74, 6) is -1.73. The van der Waals surface area contributed by atoms with Crippen molar-refractivity contribution in [1.29, 1.82) is 0 Å². The number of halogens is 3. The highest BCUT2D eigenvalue weighted by molar-refractivity contribution is 7.80. The Kier molecular flexibility index (Phi) is 6.62. The summed E-state index contributed by atoms with van der Waals surface area (Å²) < 4.78 is 5.17.